The lowest BCUT2D eigenvalue weighted by molar-refractivity contribution is -0.123. The van der Waals surface area contributed by atoms with Crippen LogP contribution in [0.5, 0.6) is 5.75 Å². The predicted molar refractivity (Wildman–Crippen MR) is 94.6 cm³/mol. The maximum absolute atomic E-state index is 12.0. The van der Waals surface area contributed by atoms with Crippen molar-refractivity contribution < 1.29 is 26.8 Å². The summed E-state index contributed by atoms with van der Waals surface area (Å²) in [5, 5.41) is 3.51. The normalized spacial score (nSPS) is 18.8. The highest BCUT2D eigenvalue weighted by Gasteiger charge is 2.28. The van der Waals surface area contributed by atoms with Gasteiger partial charge in [0, 0.05) is 11.4 Å². The standard InChI is InChI=1S/C18H17NO6S/c20-18(19-12-5-7-26(21,22)11-12)10-24-13-3-4-17-14(8-13)15(9-25-17)16-2-1-6-23-16/h1-4,6,8-9,12H,5,7,10-11H2,(H,19,20)/t12-/m0/s1. The van der Waals surface area contributed by atoms with Gasteiger partial charge in [-0.15, -0.1) is 0 Å². The van der Waals surface area contributed by atoms with Crippen LogP contribution >= 0.6 is 0 Å². The summed E-state index contributed by atoms with van der Waals surface area (Å²) in [5.41, 5.74) is 1.49. The SMILES string of the molecule is O=C(COc1ccc2occ(-c3ccco3)c2c1)N[C@H]1CCS(=O)(=O)C1. The van der Waals surface area contributed by atoms with E-state index in [2.05, 4.69) is 5.32 Å². The molecule has 4 rings (SSSR count). The molecule has 0 spiro atoms. The van der Waals surface area contributed by atoms with Crippen molar-refractivity contribution >= 4 is 26.7 Å². The van der Waals surface area contributed by atoms with Crippen molar-refractivity contribution in [1.29, 1.82) is 0 Å². The fraction of sp³-hybridized carbons (Fsp3) is 0.278. The van der Waals surface area contributed by atoms with Crippen molar-refractivity contribution in [3.63, 3.8) is 0 Å². The monoisotopic (exact) mass is 375 g/mol. The molecule has 7 nitrogen and oxygen atoms in total. The number of fused-ring (bicyclic) bond motifs is 1. The van der Waals surface area contributed by atoms with E-state index < -0.39 is 9.84 Å². The molecule has 3 heterocycles. The number of furan rings is 2. The highest BCUT2D eigenvalue weighted by Crippen LogP contribution is 2.33. The molecule has 0 aliphatic carbocycles. The quantitative estimate of drug-likeness (QED) is 0.735. The number of sulfone groups is 1. The number of hydrogen-bond donors (Lipinski definition) is 1. The van der Waals surface area contributed by atoms with Gasteiger partial charge in [0.1, 0.15) is 23.4 Å². The van der Waals surface area contributed by atoms with Crippen molar-refractivity contribution in [2.75, 3.05) is 18.1 Å². The molecule has 1 saturated heterocycles. The van der Waals surface area contributed by atoms with Gasteiger partial charge < -0.3 is 18.9 Å². The molecule has 1 aliphatic heterocycles. The molecule has 0 bridgehead atoms. The third kappa shape index (κ3) is 3.45. The zero-order valence-corrected chi connectivity index (χ0v) is 14.6. The Bertz CT molecular complexity index is 1040. The molecule has 3 aromatic rings. The van der Waals surface area contributed by atoms with Gasteiger partial charge in [-0.2, -0.15) is 0 Å². The summed E-state index contributed by atoms with van der Waals surface area (Å²) < 4.78 is 39.3. The first-order valence-electron chi connectivity index (χ1n) is 8.18. The lowest BCUT2D eigenvalue weighted by Gasteiger charge is -2.11. The Morgan fingerprint density at radius 2 is 2.15 bits per heavy atom. The van der Waals surface area contributed by atoms with Crippen LogP contribution in [-0.2, 0) is 14.6 Å². The van der Waals surface area contributed by atoms with Crippen molar-refractivity contribution in [2.24, 2.45) is 0 Å². The van der Waals surface area contributed by atoms with Gasteiger partial charge in [-0.05, 0) is 36.8 Å². The van der Waals surface area contributed by atoms with Crippen molar-refractivity contribution in [3.05, 3.63) is 42.9 Å². The van der Waals surface area contributed by atoms with Crippen molar-refractivity contribution in [1.82, 2.24) is 5.32 Å². The second kappa shape index (κ2) is 6.53. The molecule has 1 aliphatic rings. The molecular weight excluding hydrogens is 358 g/mol. The number of carbonyl (C=O) groups excluding carboxylic acids is 1. The van der Waals surface area contributed by atoms with E-state index in [1.807, 2.05) is 6.07 Å². The maximum Gasteiger partial charge on any atom is 0.258 e. The third-order valence-corrected chi connectivity index (χ3v) is 6.07. The Balaban J connectivity index is 1.43. The van der Waals surface area contributed by atoms with Crippen LogP contribution < -0.4 is 10.1 Å². The van der Waals surface area contributed by atoms with Gasteiger partial charge in [0.2, 0.25) is 0 Å². The number of nitrogens with one attached hydrogen (secondary N) is 1. The van der Waals surface area contributed by atoms with Gasteiger partial charge in [0.25, 0.3) is 5.91 Å². The summed E-state index contributed by atoms with van der Waals surface area (Å²) >= 11 is 0. The molecule has 0 radical (unpaired) electrons. The number of hydrogen-bond acceptors (Lipinski definition) is 6. The zero-order valence-electron chi connectivity index (χ0n) is 13.8. The Morgan fingerprint density at radius 3 is 2.88 bits per heavy atom. The van der Waals surface area contributed by atoms with Crippen molar-refractivity contribution in [2.45, 2.75) is 12.5 Å². The van der Waals surface area contributed by atoms with Crippen molar-refractivity contribution in [3.8, 4) is 17.1 Å². The molecule has 1 aromatic carbocycles. The highest BCUT2D eigenvalue weighted by molar-refractivity contribution is 7.91. The third-order valence-electron chi connectivity index (χ3n) is 4.30. The highest BCUT2D eigenvalue weighted by atomic mass is 32.2. The first-order chi connectivity index (χ1) is 12.5. The topological polar surface area (TPSA) is 98.8 Å². The summed E-state index contributed by atoms with van der Waals surface area (Å²) in [6, 6.07) is 8.55. The zero-order chi connectivity index (χ0) is 18.1. The van der Waals surface area contributed by atoms with E-state index in [1.54, 1.807) is 36.8 Å². The van der Waals surface area contributed by atoms with Crippen LogP contribution in [0.2, 0.25) is 0 Å². The maximum atomic E-state index is 12.0. The van der Waals surface area contributed by atoms with Gasteiger partial charge in [-0.1, -0.05) is 0 Å². The van der Waals surface area contributed by atoms with Gasteiger partial charge in [-0.3, -0.25) is 4.79 Å². The smallest absolute Gasteiger partial charge is 0.258 e. The fourth-order valence-corrected chi connectivity index (χ4v) is 4.72. The minimum absolute atomic E-state index is 0.00771. The molecule has 1 atom stereocenters. The summed E-state index contributed by atoms with van der Waals surface area (Å²) in [6.45, 7) is -0.185. The second-order valence-corrected chi connectivity index (χ2v) is 8.47. The van der Waals surface area contributed by atoms with E-state index >= 15 is 0 Å². The van der Waals surface area contributed by atoms with E-state index in [4.69, 9.17) is 13.6 Å². The minimum Gasteiger partial charge on any atom is -0.484 e. The summed E-state index contributed by atoms with van der Waals surface area (Å²) in [6.07, 6.45) is 3.64. The molecular formula is C18H17NO6S. The largest absolute Gasteiger partial charge is 0.484 e. The van der Waals surface area contributed by atoms with Gasteiger partial charge in [0.05, 0.1) is 23.3 Å². The van der Waals surface area contributed by atoms with E-state index in [9.17, 15) is 13.2 Å². The van der Waals surface area contributed by atoms with E-state index in [1.165, 1.54) is 0 Å². The van der Waals surface area contributed by atoms with Crippen LogP contribution in [0.1, 0.15) is 6.42 Å². The average molecular weight is 375 g/mol. The van der Waals surface area contributed by atoms with Crippen LogP contribution in [0.25, 0.3) is 22.3 Å². The first kappa shape index (κ1) is 16.7. The van der Waals surface area contributed by atoms with Gasteiger partial charge in [0.15, 0.2) is 16.4 Å². The van der Waals surface area contributed by atoms with Crippen LogP contribution in [0.3, 0.4) is 0 Å². The summed E-state index contributed by atoms with van der Waals surface area (Å²) in [4.78, 5) is 12.0. The number of rotatable bonds is 5. The molecule has 0 saturated carbocycles. The number of ether oxygens (including phenoxy) is 1. The van der Waals surface area contributed by atoms with E-state index in [0.29, 0.717) is 23.5 Å². The molecule has 2 aromatic heterocycles. The molecule has 26 heavy (non-hydrogen) atoms. The number of benzene rings is 1. The predicted octanol–water partition coefficient (Wildman–Crippen LogP) is 2.37. The van der Waals surface area contributed by atoms with E-state index in [-0.39, 0.29) is 30.1 Å². The molecule has 0 unspecified atom stereocenters. The van der Waals surface area contributed by atoms with Crippen LogP contribution in [0.15, 0.2) is 51.7 Å². The van der Waals surface area contributed by atoms with Crippen LogP contribution in [0, 0.1) is 0 Å². The minimum atomic E-state index is -3.03. The summed E-state index contributed by atoms with van der Waals surface area (Å²) in [7, 11) is -3.03. The second-order valence-electron chi connectivity index (χ2n) is 6.24. The molecule has 1 amide bonds. The average Bonchev–Trinajstić information content (AvgIpc) is 3.32. The van der Waals surface area contributed by atoms with Gasteiger partial charge >= 0.3 is 0 Å². The Kier molecular flexibility index (Phi) is 4.20. The van der Waals surface area contributed by atoms with Crippen LogP contribution in [0.4, 0.5) is 0 Å². The first-order valence-corrected chi connectivity index (χ1v) is 10.00. The fourth-order valence-electron chi connectivity index (χ4n) is 3.05. The lowest BCUT2D eigenvalue weighted by atomic mass is 10.1. The summed E-state index contributed by atoms with van der Waals surface area (Å²) in [5.74, 6) is 0.963. The molecule has 8 heteroatoms. The number of amides is 1. The Hall–Kier alpha value is -2.74. The van der Waals surface area contributed by atoms with Crippen LogP contribution in [-0.4, -0.2) is 38.5 Å². The molecule has 1 fully saturated rings. The molecule has 1 N–H and O–H groups in total. The number of carbonyl (C=O) groups is 1. The van der Waals surface area contributed by atoms with E-state index in [0.717, 1.165) is 10.9 Å². The Morgan fingerprint density at radius 1 is 1.27 bits per heavy atom. The van der Waals surface area contributed by atoms with Gasteiger partial charge in [-0.25, -0.2) is 8.42 Å². The Labute approximate surface area is 149 Å². The lowest BCUT2D eigenvalue weighted by Crippen LogP contribution is -2.38. The molecule has 136 valence electrons.